The molecule has 0 saturated heterocycles. The zero-order chi connectivity index (χ0) is 26.5. The first kappa shape index (κ1) is 25.5. The van der Waals surface area contributed by atoms with Gasteiger partial charge in [-0.2, -0.15) is 0 Å². The van der Waals surface area contributed by atoms with Gasteiger partial charge in [-0.3, -0.25) is 9.59 Å². The van der Waals surface area contributed by atoms with E-state index in [0.717, 1.165) is 23.3 Å². The second-order valence-electron chi connectivity index (χ2n) is 8.96. The molecule has 1 aliphatic rings. The number of amides is 2. The van der Waals surface area contributed by atoms with Gasteiger partial charge in [-0.25, -0.2) is 4.98 Å². The van der Waals surface area contributed by atoms with E-state index in [1.807, 2.05) is 42.2 Å². The highest BCUT2D eigenvalue weighted by atomic mass is 32.1. The Hall–Kier alpha value is -4.17. The molecule has 4 aromatic rings. The Morgan fingerprint density at radius 2 is 1.82 bits per heavy atom. The van der Waals surface area contributed by atoms with Gasteiger partial charge in [0.1, 0.15) is 28.8 Å². The van der Waals surface area contributed by atoms with Crippen molar-refractivity contribution in [2.75, 3.05) is 19.0 Å². The molecule has 0 fully saturated rings. The van der Waals surface area contributed by atoms with Crippen molar-refractivity contribution in [2.45, 2.75) is 32.4 Å². The lowest BCUT2D eigenvalue weighted by Crippen LogP contribution is -2.40. The number of thiazole rings is 1. The third-order valence-corrected chi connectivity index (χ3v) is 7.40. The highest BCUT2D eigenvalue weighted by Crippen LogP contribution is 2.37. The number of aromatic nitrogens is 1. The number of hydrogen-bond acceptors (Lipinski definition) is 6. The van der Waals surface area contributed by atoms with E-state index < -0.39 is 0 Å². The maximum atomic E-state index is 12.8. The number of carbonyl (C=O) groups excluding carboxylic acids is 2. The van der Waals surface area contributed by atoms with Crippen molar-refractivity contribution in [1.82, 2.24) is 9.88 Å². The van der Waals surface area contributed by atoms with Crippen LogP contribution in [0.4, 0.5) is 5.69 Å². The molecule has 194 valence electrons. The number of benzene rings is 3. The van der Waals surface area contributed by atoms with E-state index in [4.69, 9.17) is 9.47 Å². The van der Waals surface area contributed by atoms with Gasteiger partial charge in [-0.1, -0.05) is 43.3 Å². The fraction of sp³-hybridized carbons (Fsp3) is 0.233. The van der Waals surface area contributed by atoms with Crippen molar-refractivity contribution in [3.05, 3.63) is 106 Å². The lowest BCUT2D eigenvalue weighted by molar-refractivity contribution is -0.132. The predicted molar refractivity (Wildman–Crippen MR) is 148 cm³/mol. The van der Waals surface area contributed by atoms with Crippen LogP contribution in [0.25, 0.3) is 0 Å². The smallest absolute Gasteiger partial charge is 0.275 e. The molecule has 1 aromatic heterocycles. The fourth-order valence-electron chi connectivity index (χ4n) is 4.65. The van der Waals surface area contributed by atoms with E-state index in [9.17, 15) is 9.59 Å². The molecular formula is C30H29N3O4S. The predicted octanol–water partition coefficient (Wildman–Crippen LogP) is 5.87. The Labute approximate surface area is 226 Å². The lowest BCUT2D eigenvalue weighted by atomic mass is 9.87. The second-order valence-corrected chi connectivity index (χ2v) is 9.90. The molecule has 3 aromatic carbocycles. The van der Waals surface area contributed by atoms with E-state index in [1.54, 1.807) is 36.8 Å². The van der Waals surface area contributed by atoms with Crippen LogP contribution in [0.1, 0.15) is 51.6 Å². The van der Waals surface area contributed by atoms with Crippen LogP contribution in [-0.4, -0.2) is 35.4 Å². The SMILES string of the molecule is CCC(=O)N1CCc2ccc(OCc3nc(C(=O)Nc4ccc(OC)cc4)cs3)cc2C1c1ccccc1. The highest BCUT2D eigenvalue weighted by Gasteiger charge is 2.31. The molecule has 0 radical (unpaired) electrons. The summed E-state index contributed by atoms with van der Waals surface area (Å²) < 4.78 is 11.3. The van der Waals surface area contributed by atoms with Crippen LogP contribution in [0.15, 0.2) is 78.2 Å². The van der Waals surface area contributed by atoms with E-state index in [2.05, 4.69) is 28.5 Å². The van der Waals surface area contributed by atoms with Crippen LogP contribution in [0.2, 0.25) is 0 Å². The highest BCUT2D eigenvalue weighted by molar-refractivity contribution is 7.09. The standard InChI is InChI=1S/C30H29N3O4S/c1-3-28(34)33-16-15-20-9-12-24(17-25(20)29(33)21-7-5-4-6-8-21)37-18-27-32-26(19-38-27)30(35)31-22-10-13-23(36-2)14-11-22/h4-14,17,19,29H,3,15-16,18H2,1-2H3,(H,31,35). The maximum Gasteiger partial charge on any atom is 0.275 e. The quantitative estimate of drug-likeness (QED) is 0.310. The normalized spacial score (nSPS) is 14.5. The van der Waals surface area contributed by atoms with Gasteiger partial charge < -0.3 is 19.7 Å². The van der Waals surface area contributed by atoms with Crippen molar-refractivity contribution in [3.8, 4) is 11.5 Å². The molecule has 38 heavy (non-hydrogen) atoms. The van der Waals surface area contributed by atoms with Gasteiger partial charge in [0.05, 0.1) is 13.2 Å². The Bertz CT molecular complexity index is 1420. The number of nitrogens with zero attached hydrogens (tertiary/aromatic N) is 2. The number of ether oxygens (including phenoxy) is 2. The molecule has 1 N–H and O–H groups in total. The topological polar surface area (TPSA) is 80.8 Å². The number of rotatable bonds is 8. The molecule has 7 nitrogen and oxygen atoms in total. The molecular weight excluding hydrogens is 498 g/mol. The number of fused-ring (bicyclic) bond motifs is 1. The third-order valence-electron chi connectivity index (χ3n) is 6.58. The van der Waals surface area contributed by atoms with Gasteiger partial charge in [-0.15, -0.1) is 11.3 Å². The molecule has 0 saturated carbocycles. The molecule has 0 bridgehead atoms. The number of methoxy groups -OCH3 is 1. The minimum absolute atomic E-state index is 0.138. The van der Waals surface area contributed by atoms with Gasteiger partial charge in [0.2, 0.25) is 5.91 Å². The average molecular weight is 528 g/mol. The van der Waals surface area contributed by atoms with Crippen molar-refractivity contribution in [2.24, 2.45) is 0 Å². The first-order valence-corrected chi connectivity index (χ1v) is 13.4. The zero-order valence-electron chi connectivity index (χ0n) is 21.3. The van der Waals surface area contributed by atoms with Gasteiger partial charge in [0, 0.05) is 24.0 Å². The number of nitrogens with one attached hydrogen (secondary N) is 1. The van der Waals surface area contributed by atoms with Gasteiger partial charge >= 0.3 is 0 Å². The van der Waals surface area contributed by atoms with Gasteiger partial charge in [0.25, 0.3) is 5.91 Å². The minimum Gasteiger partial charge on any atom is -0.497 e. The molecule has 8 heteroatoms. The van der Waals surface area contributed by atoms with Crippen LogP contribution < -0.4 is 14.8 Å². The summed E-state index contributed by atoms with van der Waals surface area (Å²) in [4.78, 5) is 31.9. The van der Waals surface area contributed by atoms with Crippen LogP contribution in [0, 0.1) is 0 Å². The average Bonchev–Trinajstić information content (AvgIpc) is 3.45. The third kappa shape index (κ3) is 5.55. The summed E-state index contributed by atoms with van der Waals surface area (Å²) in [5.41, 5.74) is 4.39. The Kier molecular flexibility index (Phi) is 7.70. The van der Waals surface area contributed by atoms with Crippen LogP contribution in [-0.2, 0) is 17.8 Å². The molecule has 0 aliphatic carbocycles. The largest absolute Gasteiger partial charge is 0.497 e. The van der Waals surface area contributed by atoms with Gasteiger partial charge in [0.15, 0.2) is 0 Å². The molecule has 0 spiro atoms. The Balaban J connectivity index is 1.29. The van der Waals surface area contributed by atoms with E-state index >= 15 is 0 Å². The lowest BCUT2D eigenvalue weighted by Gasteiger charge is -2.38. The van der Waals surface area contributed by atoms with Crippen molar-refractivity contribution in [1.29, 1.82) is 0 Å². The van der Waals surface area contributed by atoms with Gasteiger partial charge in [-0.05, 0) is 59.5 Å². The van der Waals surface area contributed by atoms with Crippen LogP contribution >= 0.6 is 11.3 Å². The van der Waals surface area contributed by atoms with Crippen molar-refractivity contribution >= 4 is 28.8 Å². The van der Waals surface area contributed by atoms with E-state index in [-0.39, 0.29) is 24.5 Å². The first-order chi connectivity index (χ1) is 18.6. The number of carbonyl (C=O) groups is 2. The summed E-state index contributed by atoms with van der Waals surface area (Å²) in [5.74, 6) is 1.28. The summed E-state index contributed by atoms with van der Waals surface area (Å²) in [6.45, 7) is 2.84. The summed E-state index contributed by atoms with van der Waals surface area (Å²) in [7, 11) is 1.60. The summed E-state index contributed by atoms with van der Waals surface area (Å²) in [6, 6.07) is 23.2. The Morgan fingerprint density at radius 1 is 1.05 bits per heavy atom. The van der Waals surface area contributed by atoms with Crippen molar-refractivity contribution in [3.63, 3.8) is 0 Å². The maximum absolute atomic E-state index is 12.8. The fourth-order valence-corrected chi connectivity index (χ4v) is 5.33. The van der Waals surface area contributed by atoms with E-state index in [0.29, 0.717) is 35.1 Å². The van der Waals surface area contributed by atoms with Crippen molar-refractivity contribution < 1.29 is 19.1 Å². The molecule has 1 unspecified atom stereocenters. The first-order valence-electron chi connectivity index (χ1n) is 12.6. The molecule has 5 rings (SSSR count). The van der Waals surface area contributed by atoms with Crippen LogP contribution in [0.3, 0.4) is 0 Å². The molecule has 2 heterocycles. The summed E-state index contributed by atoms with van der Waals surface area (Å²) in [5, 5.41) is 5.27. The zero-order valence-corrected chi connectivity index (χ0v) is 22.2. The summed E-state index contributed by atoms with van der Waals surface area (Å²) >= 11 is 1.38. The second kappa shape index (κ2) is 11.5. The Morgan fingerprint density at radius 3 is 2.55 bits per heavy atom. The number of anilines is 1. The van der Waals surface area contributed by atoms with E-state index in [1.165, 1.54) is 16.9 Å². The summed E-state index contributed by atoms with van der Waals surface area (Å²) in [6.07, 6.45) is 1.27. The molecule has 1 aliphatic heterocycles. The minimum atomic E-state index is -0.280. The van der Waals surface area contributed by atoms with Crippen LogP contribution in [0.5, 0.6) is 11.5 Å². The number of hydrogen-bond donors (Lipinski definition) is 1. The monoisotopic (exact) mass is 527 g/mol. The molecule has 2 amide bonds. The molecule has 1 atom stereocenters.